The van der Waals surface area contributed by atoms with Crippen LogP contribution >= 0.6 is 0 Å². The van der Waals surface area contributed by atoms with Crippen LogP contribution in [0.2, 0.25) is 0 Å². The van der Waals surface area contributed by atoms with Crippen molar-refractivity contribution in [2.75, 3.05) is 7.11 Å². The number of rotatable bonds is 7. The van der Waals surface area contributed by atoms with Crippen molar-refractivity contribution in [2.45, 2.75) is 71.3 Å². The van der Waals surface area contributed by atoms with Crippen molar-refractivity contribution in [1.82, 2.24) is 0 Å². The highest BCUT2D eigenvalue weighted by Gasteiger charge is 2.27. The largest absolute Gasteiger partial charge is 0.380 e. The first kappa shape index (κ1) is 25.1. The molecule has 0 saturated heterocycles. The number of ketones is 1. The first-order valence-corrected chi connectivity index (χ1v) is 13.2. The lowest BCUT2D eigenvalue weighted by Crippen LogP contribution is -2.19. The Balaban J connectivity index is 1.68. The predicted molar refractivity (Wildman–Crippen MR) is 142 cm³/mol. The maximum atomic E-state index is 13.6. The first-order valence-electron chi connectivity index (χ1n) is 13.2. The summed E-state index contributed by atoms with van der Waals surface area (Å²) in [7, 11) is 1.71. The molecule has 0 amide bonds. The van der Waals surface area contributed by atoms with Gasteiger partial charge in [0.15, 0.2) is 5.78 Å². The van der Waals surface area contributed by atoms with E-state index >= 15 is 0 Å². The number of nitrogens with zero attached hydrogens (tertiary/aromatic N) is 1. The fourth-order valence-electron chi connectivity index (χ4n) is 5.62. The molecule has 0 aromatic heterocycles. The van der Waals surface area contributed by atoms with E-state index in [1.54, 1.807) is 7.11 Å². The molecule has 3 nitrogen and oxygen atoms in total. The molecule has 1 atom stereocenters. The van der Waals surface area contributed by atoms with E-state index in [0.29, 0.717) is 30.3 Å². The summed E-state index contributed by atoms with van der Waals surface area (Å²) >= 11 is 0. The molecule has 1 fully saturated rings. The molecule has 0 spiro atoms. The van der Waals surface area contributed by atoms with Gasteiger partial charge in [-0.05, 0) is 69.9 Å². The smallest absolute Gasteiger partial charge is 0.159 e. The van der Waals surface area contributed by atoms with E-state index in [0.717, 1.165) is 28.7 Å². The summed E-state index contributed by atoms with van der Waals surface area (Å²) in [5, 5.41) is 9.25. The van der Waals surface area contributed by atoms with Gasteiger partial charge in [0.1, 0.15) is 0 Å². The average Bonchev–Trinajstić information content (AvgIpc) is 2.86. The topological polar surface area (TPSA) is 50.1 Å². The van der Waals surface area contributed by atoms with Crippen LogP contribution in [-0.4, -0.2) is 12.9 Å². The third kappa shape index (κ3) is 6.38. The molecule has 0 N–H and O–H groups in total. The van der Waals surface area contributed by atoms with Gasteiger partial charge in [-0.1, -0.05) is 88.3 Å². The highest BCUT2D eigenvalue weighted by Crippen LogP contribution is 2.41. The van der Waals surface area contributed by atoms with Crippen molar-refractivity contribution in [3.8, 4) is 6.07 Å². The number of Topliss-reactive ketones (excluding diaryl/α,β-unsaturated/α-hetero) is 1. The summed E-state index contributed by atoms with van der Waals surface area (Å²) in [6.45, 7) is 2.79. The SMILES string of the molecule is COCc1ccc(C2=C(c3ccc(C#N)cc3)C=C(C(=O)CC3CCCCCCC3)C(C)C2)cc1. The Morgan fingerprint density at radius 1 is 0.943 bits per heavy atom. The van der Waals surface area contributed by atoms with E-state index in [2.05, 4.69) is 43.3 Å². The zero-order valence-corrected chi connectivity index (χ0v) is 21.2. The maximum absolute atomic E-state index is 13.6. The van der Waals surface area contributed by atoms with Crippen LogP contribution in [-0.2, 0) is 16.1 Å². The molecular formula is C32H37NO2. The van der Waals surface area contributed by atoms with Crippen molar-refractivity contribution in [3.63, 3.8) is 0 Å². The van der Waals surface area contributed by atoms with Crippen LogP contribution in [0.1, 0.15) is 87.0 Å². The second-order valence-electron chi connectivity index (χ2n) is 10.3. The Labute approximate surface area is 210 Å². The number of ether oxygens (including phenoxy) is 1. The minimum absolute atomic E-state index is 0.187. The standard InChI is InChI=1S/C32H37NO2/c1-23-18-30(27-16-12-26(13-17-27)22-35-2)31(28-14-10-25(21-33)11-15-28)20-29(23)32(34)19-24-8-6-4-3-5-7-9-24/h10-17,20,23-24H,3-9,18-19,22H2,1-2H3. The van der Waals surface area contributed by atoms with Crippen molar-refractivity contribution in [3.05, 3.63) is 82.4 Å². The van der Waals surface area contributed by atoms with Gasteiger partial charge in [-0.15, -0.1) is 0 Å². The van der Waals surface area contributed by atoms with Gasteiger partial charge < -0.3 is 4.74 Å². The fraction of sp³-hybridized carbons (Fsp3) is 0.438. The van der Waals surface area contributed by atoms with E-state index in [4.69, 9.17) is 4.74 Å². The molecule has 2 aromatic rings. The predicted octanol–water partition coefficient (Wildman–Crippen LogP) is 7.90. The quantitative estimate of drug-likeness (QED) is 0.416. The molecule has 1 saturated carbocycles. The van der Waals surface area contributed by atoms with E-state index in [9.17, 15) is 10.1 Å². The summed E-state index contributed by atoms with van der Waals surface area (Å²) in [5.74, 6) is 1.03. The summed E-state index contributed by atoms with van der Waals surface area (Å²) in [4.78, 5) is 13.6. The molecule has 2 aliphatic rings. The monoisotopic (exact) mass is 467 g/mol. The van der Waals surface area contributed by atoms with Crippen LogP contribution < -0.4 is 0 Å². The van der Waals surface area contributed by atoms with Crippen molar-refractivity contribution in [1.29, 1.82) is 5.26 Å². The number of nitriles is 1. The summed E-state index contributed by atoms with van der Waals surface area (Å²) in [6, 6.07) is 18.5. The molecule has 3 heteroatoms. The van der Waals surface area contributed by atoms with Gasteiger partial charge in [-0.3, -0.25) is 4.79 Å². The molecular weight excluding hydrogens is 430 g/mol. The number of hydrogen-bond acceptors (Lipinski definition) is 3. The number of carbonyl (C=O) groups excluding carboxylic acids is 1. The number of carbonyl (C=O) groups is 1. The maximum Gasteiger partial charge on any atom is 0.159 e. The van der Waals surface area contributed by atoms with Gasteiger partial charge in [-0.2, -0.15) is 5.26 Å². The van der Waals surface area contributed by atoms with Crippen LogP contribution in [0.15, 0.2) is 60.2 Å². The number of hydrogen-bond donors (Lipinski definition) is 0. The van der Waals surface area contributed by atoms with Gasteiger partial charge in [0.25, 0.3) is 0 Å². The van der Waals surface area contributed by atoms with Crippen LogP contribution in [0.4, 0.5) is 0 Å². The van der Waals surface area contributed by atoms with Crippen molar-refractivity contribution < 1.29 is 9.53 Å². The summed E-state index contributed by atoms with van der Waals surface area (Å²) < 4.78 is 5.27. The van der Waals surface area contributed by atoms with Crippen LogP contribution in [0.25, 0.3) is 11.1 Å². The molecule has 1 unspecified atom stereocenters. The normalized spacial score (nSPS) is 19.5. The van der Waals surface area contributed by atoms with E-state index in [1.165, 1.54) is 56.1 Å². The van der Waals surface area contributed by atoms with Crippen molar-refractivity contribution >= 4 is 16.9 Å². The zero-order valence-electron chi connectivity index (χ0n) is 21.2. The Morgan fingerprint density at radius 2 is 1.57 bits per heavy atom. The molecule has 182 valence electrons. The Hall–Kier alpha value is -2.96. The van der Waals surface area contributed by atoms with Gasteiger partial charge in [-0.25, -0.2) is 0 Å². The highest BCUT2D eigenvalue weighted by molar-refractivity contribution is 6.05. The molecule has 0 heterocycles. The van der Waals surface area contributed by atoms with Gasteiger partial charge in [0.2, 0.25) is 0 Å². The molecule has 2 aromatic carbocycles. The molecule has 4 rings (SSSR count). The van der Waals surface area contributed by atoms with Gasteiger partial charge >= 0.3 is 0 Å². The second-order valence-corrected chi connectivity index (χ2v) is 10.3. The fourth-order valence-corrected chi connectivity index (χ4v) is 5.62. The van der Waals surface area contributed by atoms with Gasteiger partial charge in [0.05, 0.1) is 18.2 Å². The molecule has 0 radical (unpaired) electrons. The zero-order chi connectivity index (χ0) is 24.6. The molecule has 0 aliphatic heterocycles. The van der Waals surface area contributed by atoms with E-state index < -0.39 is 0 Å². The molecule has 2 aliphatic carbocycles. The second kappa shape index (κ2) is 12.1. The third-order valence-corrected chi connectivity index (χ3v) is 7.63. The minimum Gasteiger partial charge on any atom is -0.380 e. The Morgan fingerprint density at radius 3 is 2.20 bits per heavy atom. The van der Waals surface area contributed by atoms with E-state index in [-0.39, 0.29) is 5.92 Å². The van der Waals surface area contributed by atoms with Gasteiger partial charge in [0, 0.05) is 13.5 Å². The third-order valence-electron chi connectivity index (χ3n) is 7.63. The summed E-state index contributed by atoms with van der Waals surface area (Å²) in [6.07, 6.45) is 12.5. The van der Waals surface area contributed by atoms with Crippen LogP contribution in [0.3, 0.4) is 0 Å². The average molecular weight is 468 g/mol. The number of benzene rings is 2. The van der Waals surface area contributed by atoms with Crippen molar-refractivity contribution in [2.24, 2.45) is 11.8 Å². The Kier molecular flexibility index (Phi) is 8.72. The number of allylic oxidation sites excluding steroid dienone is 4. The van der Waals surface area contributed by atoms with Crippen LogP contribution in [0.5, 0.6) is 0 Å². The lowest BCUT2D eigenvalue weighted by molar-refractivity contribution is -0.117. The molecule has 35 heavy (non-hydrogen) atoms. The lowest BCUT2D eigenvalue weighted by atomic mass is 9.76. The first-order chi connectivity index (χ1) is 17.1. The number of methoxy groups -OCH3 is 1. The van der Waals surface area contributed by atoms with E-state index in [1.807, 2.05) is 24.3 Å². The highest BCUT2D eigenvalue weighted by atomic mass is 16.5. The van der Waals surface area contributed by atoms with Crippen LogP contribution in [0, 0.1) is 23.2 Å². The Bertz CT molecular complexity index is 1110. The molecule has 0 bridgehead atoms. The lowest BCUT2D eigenvalue weighted by Gasteiger charge is -2.27. The summed E-state index contributed by atoms with van der Waals surface area (Å²) in [5.41, 5.74) is 7.36. The minimum atomic E-state index is 0.187.